The lowest BCUT2D eigenvalue weighted by Gasteiger charge is -2.42. The van der Waals surface area contributed by atoms with Crippen molar-refractivity contribution in [3.8, 4) is 11.8 Å². The summed E-state index contributed by atoms with van der Waals surface area (Å²) >= 11 is 0. The Bertz CT molecular complexity index is 850. The van der Waals surface area contributed by atoms with E-state index in [2.05, 4.69) is 50.5 Å². The monoisotopic (exact) mass is 426 g/mol. The van der Waals surface area contributed by atoms with Crippen molar-refractivity contribution >= 4 is 0 Å². The van der Waals surface area contributed by atoms with Crippen LogP contribution in [-0.2, 0) is 0 Å². The van der Waals surface area contributed by atoms with E-state index in [4.69, 9.17) is 0 Å². The van der Waals surface area contributed by atoms with Crippen LogP contribution in [0.25, 0.3) is 0 Å². The van der Waals surface area contributed by atoms with Crippen molar-refractivity contribution in [3.05, 3.63) is 47.1 Å². The molecule has 0 aromatic heterocycles. The van der Waals surface area contributed by atoms with Crippen molar-refractivity contribution in [2.24, 2.45) is 17.3 Å². The summed E-state index contributed by atoms with van der Waals surface area (Å²) in [6.07, 6.45) is 11.5. The van der Waals surface area contributed by atoms with Gasteiger partial charge in [0.25, 0.3) is 0 Å². The van der Waals surface area contributed by atoms with Crippen molar-refractivity contribution < 1.29 is 20.4 Å². The number of aliphatic hydroxyl groups is 4. The zero-order chi connectivity index (χ0) is 22.8. The van der Waals surface area contributed by atoms with Crippen LogP contribution in [-0.4, -0.2) is 44.8 Å². The van der Waals surface area contributed by atoms with Gasteiger partial charge in [0.15, 0.2) is 0 Å². The molecule has 0 aliphatic heterocycles. The second-order valence-corrected chi connectivity index (χ2v) is 10.1. The summed E-state index contributed by atoms with van der Waals surface area (Å²) in [6, 6.07) is 0. The van der Waals surface area contributed by atoms with E-state index < -0.39 is 17.8 Å². The van der Waals surface area contributed by atoms with E-state index in [1.54, 1.807) is 0 Å². The fourth-order valence-electron chi connectivity index (χ4n) is 5.62. The largest absolute Gasteiger partial charge is 0.393 e. The molecule has 0 saturated heterocycles. The number of hydrogen-bond donors (Lipinski definition) is 4. The molecule has 0 heterocycles. The van der Waals surface area contributed by atoms with E-state index >= 15 is 0 Å². The molecule has 2 fully saturated rings. The van der Waals surface area contributed by atoms with E-state index in [9.17, 15) is 20.4 Å². The van der Waals surface area contributed by atoms with Gasteiger partial charge >= 0.3 is 0 Å². The van der Waals surface area contributed by atoms with Crippen molar-refractivity contribution in [2.45, 2.75) is 83.5 Å². The summed E-state index contributed by atoms with van der Waals surface area (Å²) in [6.45, 7) is 9.77. The smallest absolute Gasteiger partial charge is 0.145 e. The van der Waals surface area contributed by atoms with Crippen LogP contribution in [0.3, 0.4) is 0 Å². The van der Waals surface area contributed by atoms with Crippen LogP contribution in [0.5, 0.6) is 0 Å². The maximum atomic E-state index is 10.1. The highest BCUT2D eigenvalue weighted by molar-refractivity contribution is 5.40. The summed E-state index contributed by atoms with van der Waals surface area (Å²) in [5, 5.41) is 39.2. The maximum Gasteiger partial charge on any atom is 0.145 e. The predicted octanol–water partition coefficient (Wildman–Crippen LogP) is 3.82. The second-order valence-electron chi connectivity index (χ2n) is 10.1. The Morgan fingerprint density at radius 2 is 2.10 bits per heavy atom. The summed E-state index contributed by atoms with van der Waals surface area (Å²) in [4.78, 5) is 0. The molecule has 170 valence electrons. The van der Waals surface area contributed by atoms with Crippen molar-refractivity contribution in [1.82, 2.24) is 0 Å². The molecule has 0 aromatic rings. The number of rotatable bonds is 4. The lowest BCUT2D eigenvalue weighted by atomic mass is 9.62. The molecule has 0 amide bonds. The van der Waals surface area contributed by atoms with Gasteiger partial charge in [-0.3, -0.25) is 0 Å². The van der Waals surface area contributed by atoms with E-state index in [0.717, 1.165) is 36.8 Å². The van der Waals surface area contributed by atoms with Crippen LogP contribution in [0.4, 0.5) is 0 Å². The van der Waals surface area contributed by atoms with Gasteiger partial charge in [0.1, 0.15) is 5.60 Å². The zero-order valence-corrected chi connectivity index (χ0v) is 19.2. The van der Waals surface area contributed by atoms with Gasteiger partial charge in [0.05, 0.1) is 18.8 Å². The lowest BCUT2D eigenvalue weighted by Crippen LogP contribution is -2.32. The van der Waals surface area contributed by atoms with Gasteiger partial charge < -0.3 is 20.4 Å². The number of allylic oxidation sites excluding steroid dienone is 5. The topological polar surface area (TPSA) is 80.9 Å². The molecule has 3 aliphatic carbocycles. The standard InChI is InChI=1S/C27H38O4/c1-18(7-5-13-26(3,31)17-28)23-11-12-24-20(8-6-14-27(23,24)4)9-10-21-15-22(29)16-25(30)19(21)2/h9-11,18,22,24-25,28-31H,2,6-8,12,14-17H2,1,3-4H3/b20-9+,21-10-/t18-,22-,24+,25+,26?,27-/m1/s1. The van der Waals surface area contributed by atoms with Gasteiger partial charge in [0.2, 0.25) is 0 Å². The minimum atomic E-state index is -1.34. The molecule has 0 aromatic carbocycles. The zero-order valence-electron chi connectivity index (χ0n) is 19.2. The molecule has 3 aliphatic rings. The summed E-state index contributed by atoms with van der Waals surface area (Å²) in [5.74, 6) is 6.63. The fraction of sp³-hybridized carbons (Fsp3) is 0.630. The molecule has 31 heavy (non-hydrogen) atoms. The highest BCUT2D eigenvalue weighted by atomic mass is 16.3. The Morgan fingerprint density at radius 1 is 1.35 bits per heavy atom. The highest BCUT2D eigenvalue weighted by Crippen LogP contribution is 2.56. The third kappa shape index (κ3) is 5.23. The van der Waals surface area contributed by atoms with Crippen LogP contribution in [0, 0.1) is 29.1 Å². The molecule has 4 nitrogen and oxygen atoms in total. The van der Waals surface area contributed by atoms with E-state index in [1.807, 2.05) is 0 Å². The van der Waals surface area contributed by atoms with Crippen LogP contribution in [0.2, 0.25) is 0 Å². The first-order valence-electron chi connectivity index (χ1n) is 11.6. The molecule has 0 spiro atoms. The minimum absolute atomic E-state index is 0.117. The number of hydrogen-bond acceptors (Lipinski definition) is 4. The average molecular weight is 427 g/mol. The molecular weight excluding hydrogens is 388 g/mol. The third-order valence-corrected chi connectivity index (χ3v) is 7.48. The molecule has 2 saturated carbocycles. The van der Waals surface area contributed by atoms with Gasteiger partial charge in [-0.2, -0.15) is 0 Å². The Balaban J connectivity index is 1.75. The van der Waals surface area contributed by atoms with Gasteiger partial charge in [-0.1, -0.05) is 61.6 Å². The molecule has 3 rings (SSSR count). The Morgan fingerprint density at radius 3 is 2.81 bits per heavy atom. The molecule has 0 radical (unpaired) electrons. The van der Waals surface area contributed by atoms with Crippen molar-refractivity contribution in [2.75, 3.05) is 6.61 Å². The van der Waals surface area contributed by atoms with Gasteiger partial charge in [-0.05, 0) is 67.4 Å². The normalized spacial score (nSPS) is 36.4. The van der Waals surface area contributed by atoms with Gasteiger partial charge in [-0.15, -0.1) is 0 Å². The van der Waals surface area contributed by atoms with E-state index in [-0.39, 0.29) is 12.0 Å². The Labute approximate surface area is 187 Å². The Kier molecular flexibility index (Phi) is 7.33. The predicted molar refractivity (Wildman–Crippen MR) is 124 cm³/mol. The van der Waals surface area contributed by atoms with Crippen LogP contribution >= 0.6 is 0 Å². The molecule has 4 N–H and O–H groups in total. The van der Waals surface area contributed by atoms with Crippen molar-refractivity contribution in [1.29, 1.82) is 0 Å². The SMILES string of the molecule is C=C1/C(=C\C=C2/CCC[C@]3(C)C([C@H](C)CC#CC(C)(O)CO)=CC[C@@H]23)C[C@@H](O)C[C@@H]1O. The lowest BCUT2D eigenvalue weighted by molar-refractivity contribution is 0.0517. The molecule has 1 unspecified atom stereocenters. The van der Waals surface area contributed by atoms with E-state index in [0.29, 0.717) is 31.1 Å². The van der Waals surface area contributed by atoms with Crippen LogP contribution < -0.4 is 0 Å². The first kappa shape index (κ1) is 24.0. The fourth-order valence-corrected chi connectivity index (χ4v) is 5.62. The molecule has 6 atom stereocenters. The van der Waals surface area contributed by atoms with E-state index in [1.165, 1.54) is 18.1 Å². The average Bonchev–Trinajstić information content (AvgIpc) is 3.07. The number of fused-ring (bicyclic) bond motifs is 1. The van der Waals surface area contributed by atoms with Gasteiger partial charge in [-0.25, -0.2) is 0 Å². The van der Waals surface area contributed by atoms with Crippen LogP contribution in [0.1, 0.15) is 65.7 Å². The first-order valence-corrected chi connectivity index (χ1v) is 11.6. The summed E-state index contributed by atoms with van der Waals surface area (Å²) < 4.78 is 0. The Hall–Kier alpha value is -1.64. The van der Waals surface area contributed by atoms with Gasteiger partial charge in [0, 0.05) is 12.8 Å². The highest BCUT2D eigenvalue weighted by Gasteiger charge is 2.45. The second kappa shape index (κ2) is 9.46. The summed E-state index contributed by atoms with van der Waals surface area (Å²) in [5.41, 5.74) is 3.37. The third-order valence-electron chi connectivity index (χ3n) is 7.48. The molecule has 4 heteroatoms. The maximum absolute atomic E-state index is 10.1. The molecule has 0 bridgehead atoms. The molecular formula is C27H38O4. The van der Waals surface area contributed by atoms with Crippen molar-refractivity contribution in [3.63, 3.8) is 0 Å². The first-order chi connectivity index (χ1) is 14.6. The number of aliphatic hydroxyl groups excluding tert-OH is 3. The van der Waals surface area contributed by atoms with Crippen LogP contribution in [0.15, 0.2) is 47.1 Å². The summed E-state index contributed by atoms with van der Waals surface area (Å²) in [7, 11) is 0. The minimum Gasteiger partial charge on any atom is -0.393 e. The quantitative estimate of drug-likeness (QED) is 0.407.